The first kappa shape index (κ1) is 16.3. The quantitative estimate of drug-likeness (QED) is 0.540. The van der Waals surface area contributed by atoms with Gasteiger partial charge in [-0.2, -0.15) is 5.10 Å². The number of rotatable bonds is 2. The molecule has 0 N–H and O–H groups in total. The molecule has 0 spiro atoms. The molecule has 1 aromatic carbocycles. The van der Waals surface area contributed by atoms with Crippen LogP contribution in [-0.4, -0.2) is 15.2 Å². The third-order valence-corrected chi connectivity index (χ3v) is 4.33. The van der Waals surface area contributed by atoms with Crippen molar-refractivity contribution in [2.75, 3.05) is 0 Å². The summed E-state index contributed by atoms with van der Waals surface area (Å²) in [5.41, 5.74) is 3.47. The van der Waals surface area contributed by atoms with Crippen LogP contribution in [0.2, 0.25) is 10.0 Å². The van der Waals surface area contributed by atoms with Crippen LogP contribution in [0.25, 0.3) is 22.4 Å². The Morgan fingerprint density at radius 2 is 1.74 bits per heavy atom. The average molecular weight is 413 g/mol. The SMILES string of the molecule is Cc1nnc(Br)c(-c2ncc(Cl)cc2Cl)c1-c1ccc(F)cc1. The maximum atomic E-state index is 13.2. The highest BCUT2D eigenvalue weighted by Gasteiger charge is 2.20. The summed E-state index contributed by atoms with van der Waals surface area (Å²) < 4.78 is 13.7. The largest absolute Gasteiger partial charge is 0.253 e. The minimum atomic E-state index is -0.309. The van der Waals surface area contributed by atoms with E-state index in [1.54, 1.807) is 18.2 Å². The smallest absolute Gasteiger partial charge is 0.138 e. The molecule has 0 bridgehead atoms. The van der Waals surface area contributed by atoms with Gasteiger partial charge >= 0.3 is 0 Å². The van der Waals surface area contributed by atoms with Crippen LogP contribution in [0.15, 0.2) is 41.1 Å². The van der Waals surface area contributed by atoms with Gasteiger partial charge in [0.2, 0.25) is 0 Å². The zero-order valence-electron chi connectivity index (χ0n) is 11.8. The Kier molecular flexibility index (Phi) is 4.62. The molecule has 0 aliphatic rings. The fourth-order valence-corrected chi connectivity index (χ4v) is 3.23. The van der Waals surface area contributed by atoms with Crippen LogP contribution >= 0.6 is 39.1 Å². The van der Waals surface area contributed by atoms with Crippen molar-refractivity contribution < 1.29 is 4.39 Å². The van der Waals surface area contributed by atoms with E-state index in [1.807, 2.05) is 6.92 Å². The molecular weight excluding hydrogens is 404 g/mol. The van der Waals surface area contributed by atoms with E-state index >= 15 is 0 Å². The summed E-state index contributed by atoms with van der Waals surface area (Å²) in [4.78, 5) is 4.32. The fraction of sp³-hybridized carbons (Fsp3) is 0.0625. The summed E-state index contributed by atoms with van der Waals surface area (Å²) in [5.74, 6) is -0.309. The van der Waals surface area contributed by atoms with Gasteiger partial charge in [-0.25, -0.2) is 4.39 Å². The highest BCUT2D eigenvalue weighted by atomic mass is 79.9. The lowest BCUT2D eigenvalue weighted by atomic mass is 9.97. The van der Waals surface area contributed by atoms with E-state index in [9.17, 15) is 4.39 Å². The molecule has 0 aliphatic carbocycles. The molecule has 2 aromatic heterocycles. The van der Waals surface area contributed by atoms with Crippen LogP contribution < -0.4 is 0 Å². The highest BCUT2D eigenvalue weighted by molar-refractivity contribution is 9.10. The fourth-order valence-electron chi connectivity index (χ4n) is 2.29. The minimum Gasteiger partial charge on any atom is -0.253 e. The van der Waals surface area contributed by atoms with Gasteiger partial charge in [0.05, 0.1) is 21.4 Å². The number of aryl methyl sites for hydroxylation is 1. The molecule has 3 aromatic rings. The minimum absolute atomic E-state index is 0.309. The van der Waals surface area contributed by atoms with Gasteiger partial charge in [-0.15, -0.1) is 5.10 Å². The predicted octanol–water partition coefficient (Wildman–Crippen LogP) is 5.72. The number of benzene rings is 1. The molecule has 0 fully saturated rings. The van der Waals surface area contributed by atoms with Crippen molar-refractivity contribution in [2.45, 2.75) is 6.92 Å². The van der Waals surface area contributed by atoms with Crippen molar-refractivity contribution in [2.24, 2.45) is 0 Å². The zero-order chi connectivity index (χ0) is 16.6. The molecule has 116 valence electrons. The first-order valence-electron chi connectivity index (χ1n) is 6.57. The van der Waals surface area contributed by atoms with Crippen LogP contribution in [-0.2, 0) is 0 Å². The standard InChI is InChI=1S/C16H9BrCl2FN3/c1-8-13(9-2-4-11(20)5-3-9)14(16(17)23-22-8)15-12(19)6-10(18)7-21-15/h2-7H,1H3. The van der Waals surface area contributed by atoms with Gasteiger partial charge in [-0.05, 0) is 46.6 Å². The van der Waals surface area contributed by atoms with Crippen LogP contribution in [0.5, 0.6) is 0 Å². The van der Waals surface area contributed by atoms with E-state index in [4.69, 9.17) is 23.2 Å². The van der Waals surface area contributed by atoms with Crippen LogP contribution in [0.4, 0.5) is 4.39 Å². The molecule has 0 radical (unpaired) electrons. The van der Waals surface area contributed by atoms with Crippen molar-refractivity contribution in [3.8, 4) is 22.4 Å². The van der Waals surface area contributed by atoms with Crippen LogP contribution in [0.1, 0.15) is 5.69 Å². The van der Waals surface area contributed by atoms with Crippen molar-refractivity contribution in [1.82, 2.24) is 15.2 Å². The molecule has 0 saturated heterocycles. The molecule has 3 rings (SSSR count). The Morgan fingerprint density at radius 1 is 1.04 bits per heavy atom. The van der Waals surface area contributed by atoms with E-state index in [0.29, 0.717) is 31.6 Å². The molecule has 2 heterocycles. The summed E-state index contributed by atoms with van der Waals surface area (Å²) in [6, 6.07) is 7.76. The van der Waals surface area contributed by atoms with Crippen molar-refractivity contribution in [3.63, 3.8) is 0 Å². The Labute approximate surface area is 150 Å². The van der Waals surface area contributed by atoms with E-state index < -0.39 is 0 Å². The van der Waals surface area contributed by atoms with E-state index in [-0.39, 0.29) is 5.82 Å². The predicted molar refractivity (Wildman–Crippen MR) is 93.1 cm³/mol. The molecule has 23 heavy (non-hydrogen) atoms. The number of hydrogen-bond donors (Lipinski definition) is 0. The van der Waals surface area contributed by atoms with Gasteiger partial charge in [0.15, 0.2) is 0 Å². The summed E-state index contributed by atoms with van der Waals surface area (Å²) in [7, 11) is 0. The van der Waals surface area contributed by atoms with Crippen molar-refractivity contribution in [1.29, 1.82) is 0 Å². The maximum absolute atomic E-state index is 13.2. The van der Waals surface area contributed by atoms with E-state index in [1.165, 1.54) is 18.3 Å². The van der Waals surface area contributed by atoms with Crippen molar-refractivity contribution in [3.05, 3.63) is 62.7 Å². The van der Waals surface area contributed by atoms with Crippen LogP contribution in [0.3, 0.4) is 0 Å². The molecule has 3 nitrogen and oxygen atoms in total. The monoisotopic (exact) mass is 411 g/mol. The van der Waals surface area contributed by atoms with Crippen LogP contribution in [0, 0.1) is 12.7 Å². The zero-order valence-corrected chi connectivity index (χ0v) is 14.9. The normalized spacial score (nSPS) is 10.8. The maximum Gasteiger partial charge on any atom is 0.138 e. The molecule has 0 atom stereocenters. The third kappa shape index (κ3) is 3.22. The summed E-state index contributed by atoms with van der Waals surface area (Å²) in [6.45, 7) is 1.82. The molecular formula is C16H9BrCl2FN3. The van der Waals surface area contributed by atoms with Gasteiger partial charge in [0, 0.05) is 17.3 Å². The van der Waals surface area contributed by atoms with Gasteiger partial charge in [0.25, 0.3) is 0 Å². The highest BCUT2D eigenvalue weighted by Crippen LogP contribution is 2.40. The number of aromatic nitrogens is 3. The lowest BCUT2D eigenvalue weighted by Crippen LogP contribution is -1.99. The summed E-state index contributed by atoms with van der Waals surface area (Å²) in [5, 5.41) is 9.05. The second-order valence-electron chi connectivity index (χ2n) is 4.82. The molecule has 7 heteroatoms. The van der Waals surface area contributed by atoms with Gasteiger partial charge in [-0.3, -0.25) is 4.98 Å². The summed E-state index contributed by atoms with van der Waals surface area (Å²) in [6.07, 6.45) is 1.51. The van der Waals surface area contributed by atoms with Gasteiger partial charge in [-0.1, -0.05) is 35.3 Å². The Bertz CT molecular complexity index is 885. The average Bonchev–Trinajstić information content (AvgIpc) is 2.51. The molecule has 0 unspecified atom stereocenters. The first-order valence-corrected chi connectivity index (χ1v) is 8.12. The lowest BCUT2D eigenvalue weighted by Gasteiger charge is -2.14. The molecule has 0 aliphatic heterocycles. The Morgan fingerprint density at radius 3 is 2.39 bits per heavy atom. The summed E-state index contributed by atoms with van der Waals surface area (Å²) >= 11 is 15.6. The molecule has 0 saturated carbocycles. The number of pyridine rings is 1. The van der Waals surface area contributed by atoms with Gasteiger partial charge < -0.3 is 0 Å². The van der Waals surface area contributed by atoms with Gasteiger partial charge in [0.1, 0.15) is 10.4 Å². The Balaban J connectivity index is 2.32. The van der Waals surface area contributed by atoms with E-state index in [2.05, 4.69) is 31.1 Å². The second-order valence-corrected chi connectivity index (χ2v) is 6.41. The first-order chi connectivity index (χ1) is 11.0. The van der Waals surface area contributed by atoms with Crippen molar-refractivity contribution >= 4 is 39.1 Å². The topological polar surface area (TPSA) is 38.7 Å². The number of halogens is 4. The van der Waals surface area contributed by atoms with E-state index in [0.717, 1.165) is 11.1 Å². The number of nitrogens with zero attached hydrogens (tertiary/aromatic N) is 3. The number of hydrogen-bond acceptors (Lipinski definition) is 3. The lowest BCUT2D eigenvalue weighted by molar-refractivity contribution is 0.628. The second kappa shape index (κ2) is 6.51. The third-order valence-electron chi connectivity index (χ3n) is 3.28. The Hall–Kier alpha value is -1.56. The molecule has 0 amide bonds.